The predicted octanol–water partition coefficient (Wildman–Crippen LogP) is 2.12. The average molecular weight is 254 g/mol. The molecule has 0 atom stereocenters. The van der Waals surface area contributed by atoms with Crippen molar-refractivity contribution in [1.29, 1.82) is 0 Å². The highest BCUT2D eigenvalue weighted by molar-refractivity contribution is 5.74. The third-order valence-electron chi connectivity index (χ3n) is 4.25. The van der Waals surface area contributed by atoms with Crippen molar-refractivity contribution in [3.63, 3.8) is 0 Å². The molecule has 1 aliphatic carbocycles. The van der Waals surface area contributed by atoms with Crippen LogP contribution >= 0.6 is 0 Å². The highest BCUT2D eigenvalue weighted by atomic mass is 16.3. The van der Waals surface area contributed by atoms with Gasteiger partial charge in [-0.1, -0.05) is 12.8 Å². The summed E-state index contributed by atoms with van der Waals surface area (Å²) in [4.78, 5) is 14.0. The number of amides is 2. The smallest absolute Gasteiger partial charge is 0.317 e. The quantitative estimate of drug-likeness (QED) is 0.793. The molecule has 0 radical (unpaired) electrons. The summed E-state index contributed by atoms with van der Waals surface area (Å²) >= 11 is 0. The van der Waals surface area contributed by atoms with Crippen LogP contribution in [0.25, 0.3) is 0 Å². The minimum Gasteiger partial charge on any atom is -0.393 e. The lowest BCUT2D eigenvalue weighted by molar-refractivity contribution is 0.108. The summed E-state index contributed by atoms with van der Waals surface area (Å²) in [5, 5.41) is 12.5. The van der Waals surface area contributed by atoms with Crippen molar-refractivity contribution in [2.24, 2.45) is 5.92 Å². The second-order valence-corrected chi connectivity index (χ2v) is 5.76. The van der Waals surface area contributed by atoms with Crippen LogP contribution in [0.15, 0.2) is 0 Å². The minimum absolute atomic E-state index is 0.109. The van der Waals surface area contributed by atoms with Crippen molar-refractivity contribution in [1.82, 2.24) is 10.2 Å². The van der Waals surface area contributed by atoms with Crippen LogP contribution in [0, 0.1) is 5.92 Å². The van der Waals surface area contributed by atoms with Crippen LogP contribution in [0.5, 0.6) is 0 Å². The molecular formula is C14H26N2O2. The van der Waals surface area contributed by atoms with E-state index in [-0.39, 0.29) is 12.1 Å². The summed E-state index contributed by atoms with van der Waals surface area (Å²) in [5.74, 6) is 0.560. The zero-order chi connectivity index (χ0) is 12.8. The standard InChI is InChI=1S/C14H26N2O2/c17-13-7-5-12(6-8-13)11-15-14(18)16-9-3-1-2-4-10-16/h12-13,17H,1-11H2,(H,15,18). The number of likely N-dealkylation sites (tertiary alicyclic amines) is 1. The van der Waals surface area contributed by atoms with Crippen molar-refractivity contribution >= 4 is 6.03 Å². The molecule has 2 rings (SSSR count). The maximum atomic E-state index is 12.0. The van der Waals surface area contributed by atoms with Crippen LogP contribution in [0.1, 0.15) is 51.4 Å². The fraction of sp³-hybridized carbons (Fsp3) is 0.929. The van der Waals surface area contributed by atoms with Gasteiger partial charge in [0, 0.05) is 19.6 Å². The van der Waals surface area contributed by atoms with Gasteiger partial charge in [-0.15, -0.1) is 0 Å². The predicted molar refractivity (Wildman–Crippen MR) is 71.4 cm³/mol. The normalized spacial score (nSPS) is 29.7. The minimum atomic E-state index is -0.109. The van der Waals surface area contributed by atoms with Crippen molar-refractivity contribution in [3.8, 4) is 0 Å². The molecule has 4 nitrogen and oxygen atoms in total. The molecule has 1 saturated carbocycles. The van der Waals surface area contributed by atoms with Gasteiger partial charge in [0.05, 0.1) is 6.10 Å². The van der Waals surface area contributed by atoms with E-state index in [0.717, 1.165) is 58.2 Å². The second kappa shape index (κ2) is 6.98. The first-order valence-corrected chi connectivity index (χ1v) is 7.46. The van der Waals surface area contributed by atoms with Crippen LogP contribution in [0.3, 0.4) is 0 Å². The Hall–Kier alpha value is -0.770. The summed E-state index contributed by atoms with van der Waals surface area (Å²) < 4.78 is 0. The lowest BCUT2D eigenvalue weighted by Gasteiger charge is -2.27. The van der Waals surface area contributed by atoms with Crippen LogP contribution in [0.4, 0.5) is 4.79 Å². The topological polar surface area (TPSA) is 52.6 Å². The Morgan fingerprint density at radius 3 is 2.28 bits per heavy atom. The zero-order valence-corrected chi connectivity index (χ0v) is 11.2. The Bertz CT molecular complexity index is 255. The van der Waals surface area contributed by atoms with Gasteiger partial charge < -0.3 is 15.3 Å². The second-order valence-electron chi connectivity index (χ2n) is 5.76. The van der Waals surface area contributed by atoms with E-state index in [1.54, 1.807) is 0 Å². The lowest BCUT2D eigenvalue weighted by atomic mass is 9.87. The van der Waals surface area contributed by atoms with E-state index < -0.39 is 0 Å². The maximum Gasteiger partial charge on any atom is 0.317 e. The van der Waals surface area contributed by atoms with Gasteiger partial charge in [0.15, 0.2) is 0 Å². The van der Waals surface area contributed by atoms with Crippen LogP contribution in [0.2, 0.25) is 0 Å². The fourth-order valence-electron chi connectivity index (χ4n) is 2.97. The Morgan fingerprint density at radius 1 is 1.06 bits per heavy atom. The van der Waals surface area contributed by atoms with Gasteiger partial charge in [-0.2, -0.15) is 0 Å². The van der Waals surface area contributed by atoms with Gasteiger partial charge in [-0.3, -0.25) is 0 Å². The molecule has 0 aromatic heterocycles. The van der Waals surface area contributed by atoms with Gasteiger partial charge in [0.1, 0.15) is 0 Å². The van der Waals surface area contributed by atoms with E-state index in [4.69, 9.17) is 0 Å². The molecule has 0 aromatic rings. The number of nitrogens with zero attached hydrogens (tertiary/aromatic N) is 1. The van der Waals surface area contributed by atoms with E-state index in [2.05, 4.69) is 5.32 Å². The number of nitrogens with one attached hydrogen (secondary N) is 1. The van der Waals surface area contributed by atoms with Gasteiger partial charge >= 0.3 is 6.03 Å². The van der Waals surface area contributed by atoms with E-state index in [0.29, 0.717) is 5.92 Å². The highest BCUT2D eigenvalue weighted by Gasteiger charge is 2.21. The first-order chi connectivity index (χ1) is 8.75. The third kappa shape index (κ3) is 4.16. The summed E-state index contributed by atoms with van der Waals surface area (Å²) in [7, 11) is 0. The largest absolute Gasteiger partial charge is 0.393 e. The molecule has 1 saturated heterocycles. The molecule has 0 spiro atoms. The summed E-state index contributed by atoms with van der Waals surface area (Å²) in [5.41, 5.74) is 0. The zero-order valence-electron chi connectivity index (χ0n) is 11.2. The summed E-state index contributed by atoms with van der Waals surface area (Å²) in [6.07, 6.45) is 8.56. The Kier molecular flexibility index (Phi) is 5.29. The van der Waals surface area contributed by atoms with Crippen molar-refractivity contribution < 1.29 is 9.90 Å². The van der Waals surface area contributed by atoms with Gasteiger partial charge in [-0.05, 0) is 44.4 Å². The summed E-state index contributed by atoms with van der Waals surface area (Å²) in [6.45, 7) is 2.60. The Morgan fingerprint density at radius 2 is 1.67 bits per heavy atom. The molecule has 2 N–H and O–H groups in total. The summed E-state index contributed by atoms with van der Waals surface area (Å²) in [6, 6.07) is 0.114. The highest BCUT2D eigenvalue weighted by Crippen LogP contribution is 2.23. The number of carbonyl (C=O) groups excluding carboxylic acids is 1. The van der Waals surface area contributed by atoms with E-state index in [9.17, 15) is 9.90 Å². The number of rotatable bonds is 2. The molecule has 104 valence electrons. The molecule has 0 aromatic carbocycles. The molecule has 2 amide bonds. The first-order valence-electron chi connectivity index (χ1n) is 7.46. The molecule has 0 unspecified atom stereocenters. The van der Waals surface area contributed by atoms with E-state index in [1.807, 2.05) is 4.90 Å². The van der Waals surface area contributed by atoms with Crippen molar-refractivity contribution in [2.45, 2.75) is 57.5 Å². The Labute approximate surface area is 110 Å². The van der Waals surface area contributed by atoms with E-state index >= 15 is 0 Å². The van der Waals surface area contributed by atoms with Gasteiger partial charge in [0.2, 0.25) is 0 Å². The van der Waals surface area contributed by atoms with Crippen molar-refractivity contribution in [2.75, 3.05) is 19.6 Å². The molecule has 2 aliphatic rings. The number of carbonyl (C=O) groups is 1. The van der Waals surface area contributed by atoms with Gasteiger partial charge in [0.25, 0.3) is 0 Å². The third-order valence-corrected chi connectivity index (χ3v) is 4.25. The molecule has 1 aliphatic heterocycles. The first kappa shape index (κ1) is 13.7. The molecule has 0 bridgehead atoms. The average Bonchev–Trinajstić information content (AvgIpc) is 2.66. The van der Waals surface area contributed by atoms with Crippen molar-refractivity contribution in [3.05, 3.63) is 0 Å². The number of hydrogen-bond acceptors (Lipinski definition) is 2. The molecule has 4 heteroatoms. The van der Waals surface area contributed by atoms with Crippen LogP contribution < -0.4 is 5.32 Å². The number of urea groups is 1. The van der Waals surface area contributed by atoms with Crippen LogP contribution in [-0.2, 0) is 0 Å². The lowest BCUT2D eigenvalue weighted by Crippen LogP contribution is -2.42. The number of hydrogen-bond donors (Lipinski definition) is 2. The maximum absolute atomic E-state index is 12.0. The van der Waals surface area contributed by atoms with E-state index in [1.165, 1.54) is 12.8 Å². The Balaban J connectivity index is 1.67. The molecule has 1 heterocycles. The molecular weight excluding hydrogens is 228 g/mol. The monoisotopic (exact) mass is 254 g/mol. The number of aliphatic hydroxyl groups excluding tert-OH is 1. The SMILES string of the molecule is O=C(NCC1CCC(O)CC1)N1CCCCCC1. The van der Waals surface area contributed by atoms with Gasteiger partial charge in [-0.25, -0.2) is 4.79 Å². The fourth-order valence-corrected chi connectivity index (χ4v) is 2.97. The molecule has 2 fully saturated rings. The molecule has 18 heavy (non-hydrogen) atoms. The van der Waals surface area contributed by atoms with Crippen LogP contribution in [-0.4, -0.2) is 41.8 Å². The number of aliphatic hydroxyl groups is 1.